The van der Waals surface area contributed by atoms with Gasteiger partial charge in [0, 0.05) is 6.54 Å². The fourth-order valence-corrected chi connectivity index (χ4v) is 3.99. The quantitative estimate of drug-likeness (QED) is 0.760. The van der Waals surface area contributed by atoms with Crippen LogP contribution in [-0.2, 0) is 4.74 Å². The zero-order valence-electron chi connectivity index (χ0n) is 14.4. The maximum Gasteiger partial charge on any atom is 0.348 e. The summed E-state index contributed by atoms with van der Waals surface area (Å²) in [7, 11) is 1.34. The molecule has 1 amide bonds. The number of thiophene rings is 1. The van der Waals surface area contributed by atoms with Gasteiger partial charge >= 0.3 is 5.97 Å². The van der Waals surface area contributed by atoms with Crippen molar-refractivity contribution in [2.45, 2.75) is 25.8 Å². The molecule has 1 aliphatic rings. The second kappa shape index (κ2) is 7.70. The Morgan fingerprint density at radius 1 is 1.16 bits per heavy atom. The molecule has 1 aliphatic heterocycles. The second-order valence-electron chi connectivity index (χ2n) is 5.81. The van der Waals surface area contributed by atoms with Crippen molar-refractivity contribution in [3.05, 3.63) is 51.7 Å². The summed E-state index contributed by atoms with van der Waals surface area (Å²) in [6, 6.07) is 11.3. The molecule has 3 rings (SSSR count). The number of esters is 1. The van der Waals surface area contributed by atoms with E-state index in [1.807, 2.05) is 36.1 Å². The molecule has 5 nitrogen and oxygen atoms in total. The van der Waals surface area contributed by atoms with Crippen LogP contribution in [0, 0.1) is 0 Å². The first-order valence-electron chi connectivity index (χ1n) is 8.36. The van der Waals surface area contributed by atoms with E-state index in [2.05, 4.69) is 0 Å². The summed E-state index contributed by atoms with van der Waals surface area (Å²) in [5.41, 5.74) is 1.11. The minimum absolute atomic E-state index is 0.0310. The van der Waals surface area contributed by atoms with Gasteiger partial charge in [-0.2, -0.15) is 0 Å². The molecule has 0 aliphatic carbocycles. The van der Waals surface area contributed by atoms with E-state index in [1.54, 1.807) is 12.1 Å². The number of carbonyl (C=O) groups is 2. The molecule has 1 fully saturated rings. The Kier molecular flexibility index (Phi) is 5.38. The number of carbonyl (C=O) groups excluding carboxylic acids is 2. The summed E-state index contributed by atoms with van der Waals surface area (Å²) >= 11 is 1.18. The standard InChI is InChI=1S/C19H21NO4S/c1-3-24-14-8-6-13(7-9-14)15-5-4-12-20(15)18(21)16-10-11-17(25-16)19(22)23-2/h6-11,15H,3-5,12H2,1-2H3. The molecule has 132 valence electrons. The number of likely N-dealkylation sites (tertiary alicyclic amines) is 1. The first-order chi connectivity index (χ1) is 12.1. The summed E-state index contributed by atoms with van der Waals surface area (Å²) in [6.07, 6.45) is 1.91. The van der Waals surface area contributed by atoms with Gasteiger partial charge in [-0.25, -0.2) is 4.79 Å². The zero-order valence-corrected chi connectivity index (χ0v) is 15.2. The molecule has 0 saturated carbocycles. The largest absolute Gasteiger partial charge is 0.494 e. The Labute approximate surface area is 151 Å². The Morgan fingerprint density at radius 3 is 2.56 bits per heavy atom. The highest BCUT2D eigenvalue weighted by molar-refractivity contribution is 7.15. The Morgan fingerprint density at radius 2 is 1.88 bits per heavy atom. The molecule has 1 aromatic carbocycles. The number of hydrogen-bond donors (Lipinski definition) is 0. The van der Waals surface area contributed by atoms with Crippen LogP contribution >= 0.6 is 11.3 Å². The first kappa shape index (κ1) is 17.5. The highest BCUT2D eigenvalue weighted by Gasteiger charge is 2.31. The van der Waals surface area contributed by atoms with E-state index in [0.717, 1.165) is 30.7 Å². The number of amides is 1. The van der Waals surface area contributed by atoms with Gasteiger partial charge in [0.1, 0.15) is 10.6 Å². The Hall–Kier alpha value is -2.34. The molecule has 1 aromatic heterocycles. The normalized spacial score (nSPS) is 16.7. The lowest BCUT2D eigenvalue weighted by Crippen LogP contribution is -2.29. The lowest BCUT2D eigenvalue weighted by Gasteiger charge is -2.24. The molecule has 0 radical (unpaired) electrons. The van der Waals surface area contributed by atoms with E-state index in [1.165, 1.54) is 18.4 Å². The fourth-order valence-electron chi connectivity index (χ4n) is 3.11. The number of methoxy groups -OCH3 is 1. The van der Waals surface area contributed by atoms with Gasteiger partial charge in [-0.05, 0) is 49.6 Å². The van der Waals surface area contributed by atoms with Crippen LogP contribution in [0.2, 0.25) is 0 Å². The molecule has 1 saturated heterocycles. The maximum atomic E-state index is 12.9. The molecule has 6 heteroatoms. The first-order valence-corrected chi connectivity index (χ1v) is 9.17. The van der Waals surface area contributed by atoms with E-state index in [4.69, 9.17) is 9.47 Å². The SMILES string of the molecule is CCOc1ccc(C2CCCN2C(=O)c2ccc(C(=O)OC)s2)cc1. The van der Waals surface area contributed by atoms with Crippen LogP contribution in [0.25, 0.3) is 0 Å². The van der Waals surface area contributed by atoms with Gasteiger partial charge in [0.05, 0.1) is 24.6 Å². The van der Waals surface area contributed by atoms with Crippen molar-refractivity contribution < 1.29 is 19.1 Å². The molecule has 0 spiro atoms. The van der Waals surface area contributed by atoms with Crippen LogP contribution in [0.3, 0.4) is 0 Å². The Balaban J connectivity index is 1.77. The van der Waals surface area contributed by atoms with Crippen LogP contribution in [0.1, 0.15) is 50.7 Å². The molecule has 2 heterocycles. The van der Waals surface area contributed by atoms with Gasteiger partial charge in [0.15, 0.2) is 0 Å². The molecular weight excluding hydrogens is 338 g/mol. The smallest absolute Gasteiger partial charge is 0.348 e. The summed E-state index contributed by atoms with van der Waals surface area (Å²) in [5, 5.41) is 0. The topological polar surface area (TPSA) is 55.8 Å². The van der Waals surface area contributed by atoms with Crippen LogP contribution in [0.5, 0.6) is 5.75 Å². The third kappa shape index (κ3) is 3.69. The summed E-state index contributed by atoms with van der Waals surface area (Å²) in [5.74, 6) is 0.396. The number of hydrogen-bond acceptors (Lipinski definition) is 5. The van der Waals surface area contributed by atoms with Gasteiger partial charge < -0.3 is 14.4 Å². The third-order valence-corrected chi connectivity index (χ3v) is 5.35. The Bertz CT molecular complexity index is 753. The van der Waals surface area contributed by atoms with E-state index in [0.29, 0.717) is 16.4 Å². The highest BCUT2D eigenvalue weighted by atomic mass is 32.1. The van der Waals surface area contributed by atoms with Crippen molar-refractivity contribution in [2.24, 2.45) is 0 Å². The maximum absolute atomic E-state index is 12.9. The second-order valence-corrected chi connectivity index (χ2v) is 6.90. The van der Waals surface area contributed by atoms with Gasteiger partial charge in [0.25, 0.3) is 5.91 Å². The van der Waals surface area contributed by atoms with Gasteiger partial charge in [-0.1, -0.05) is 12.1 Å². The van der Waals surface area contributed by atoms with Crippen molar-refractivity contribution in [1.29, 1.82) is 0 Å². The predicted octanol–water partition coefficient (Wildman–Crippen LogP) is 3.91. The number of rotatable bonds is 5. The molecule has 0 bridgehead atoms. The monoisotopic (exact) mass is 359 g/mol. The molecule has 0 N–H and O–H groups in total. The van der Waals surface area contributed by atoms with Crippen molar-refractivity contribution in [1.82, 2.24) is 4.90 Å². The van der Waals surface area contributed by atoms with Crippen LogP contribution < -0.4 is 4.74 Å². The van der Waals surface area contributed by atoms with Crippen LogP contribution in [0.4, 0.5) is 0 Å². The molecule has 2 aromatic rings. The molecule has 1 unspecified atom stereocenters. The number of nitrogens with zero attached hydrogens (tertiary/aromatic N) is 1. The molecular formula is C19H21NO4S. The van der Waals surface area contributed by atoms with Crippen molar-refractivity contribution in [3.8, 4) is 5.75 Å². The zero-order chi connectivity index (χ0) is 17.8. The minimum Gasteiger partial charge on any atom is -0.494 e. The number of benzene rings is 1. The van der Waals surface area contributed by atoms with E-state index >= 15 is 0 Å². The van der Waals surface area contributed by atoms with E-state index in [9.17, 15) is 9.59 Å². The predicted molar refractivity (Wildman–Crippen MR) is 96.3 cm³/mol. The van der Waals surface area contributed by atoms with Crippen molar-refractivity contribution in [2.75, 3.05) is 20.3 Å². The van der Waals surface area contributed by atoms with Gasteiger partial charge in [0.2, 0.25) is 0 Å². The summed E-state index contributed by atoms with van der Waals surface area (Å²) in [6.45, 7) is 3.31. The average Bonchev–Trinajstić information content (AvgIpc) is 3.31. The lowest BCUT2D eigenvalue weighted by atomic mass is 10.0. The van der Waals surface area contributed by atoms with E-state index in [-0.39, 0.29) is 11.9 Å². The van der Waals surface area contributed by atoms with E-state index < -0.39 is 5.97 Å². The molecule has 1 atom stereocenters. The van der Waals surface area contributed by atoms with Crippen molar-refractivity contribution >= 4 is 23.2 Å². The van der Waals surface area contributed by atoms with Crippen molar-refractivity contribution in [3.63, 3.8) is 0 Å². The molecule has 25 heavy (non-hydrogen) atoms. The highest BCUT2D eigenvalue weighted by Crippen LogP contribution is 2.35. The fraction of sp³-hybridized carbons (Fsp3) is 0.368. The lowest BCUT2D eigenvalue weighted by molar-refractivity contribution is 0.0606. The number of ether oxygens (including phenoxy) is 2. The van der Waals surface area contributed by atoms with Crippen LogP contribution in [0.15, 0.2) is 36.4 Å². The summed E-state index contributed by atoms with van der Waals surface area (Å²) < 4.78 is 10.2. The third-order valence-electron chi connectivity index (χ3n) is 4.29. The van der Waals surface area contributed by atoms with Gasteiger partial charge in [-0.15, -0.1) is 11.3 Å². The summed E-state index contributed by atoms with van der Waals surface area (Å²) in [4.78, 5) is 27.4. The van der Waals surface area contributed by atoms with Gasteiger partial charge in [-0.3, -0.25) is 4.79 Å². The average molecular weight is 359 g/mol. The minimum atomic E-state index is -0.409. The van der Waals surface area contributed by atoms with Crippen LogP contribution in [-0.4, -0.2) is 37.0 Å².